The lowest BCUT2D eigenvalue weighted by Gasteiger charge is -2.15. The molecule has 0 amide bonds. The number of nitrogens with one attached hydrogen (secondary N) is 3. The topological polar surface area (TPSA) is 97.4 Å². The molecule has 1 saturated heterocycles. The van der Waals surface area contributed by atoms with Crippen molar-refractivity contribution in [2.75, 3.05) is 43.9 Å². The van der Waals surface area contributed by atoms with Crippen molar-refractivity contribution in [3.63, 3.8) is 0 Å². The van der Waals surface area contributed by atoms with Crippen molar-refractivity contribution in [2.45, 2.75) is 31.6 Å². The molecule has 2 aromatic carbocycles. The van der Waals surface area contributed by atoms with Crippen LogP contribution in [0.25, 0.3) is 0 Å². The van der Waals surface area contributed by atoms with Crippen LogP contribution in [-0.4, -0.2) is 52.7 Å². The van der Waals surface area contributed by atoms with Crippen LogP contribution in [0, 0.1) is 13.8 Å². The Kier molecular flexibility index (Phi) is 8.23. The molecule has 2 heterocycles. The molecule has 1 fully saturated rings. The van der Waals surface area contributed by atoms with Gasteiger partial charge in [-0.1, -0.05) is 6.07 Å². The van der Waals surface area contributed by atoms with Crippen molar-refractivity contribution in [1.82, 2.24) is 19.6 Å². The van der Waals surface area contributed by atoms with E-state index < -0.39 is 11.4 Å². The molecule has 1 aromatic heterocycles. The highest BCUT2D eigenvalue weighted by Crippen LogP contribution is 2.25. The van der Waals surface area contributed by atoms with E-state index in [1.54, 1.807) is 13.2 Å². The number of aryl methyl sites for hydroxylation is 2. The second-order valence-electron chi connectivity index (χ2n) is 8.35. The minimum Gasteiger partial charge on any atom is -0.593 e. The number of benzene rings is 2. The molecule has 3 aromatic rings. The largest absolute Gasteiger partial charge is 0.593 e. The van der Waals surface area contributed by atoms with E-state index in [1.165, 1.54) is 25.9 Å². The minimum absolute atomic E-state index is 0.488. The SMILES string of the molecule is CN[S+]([O-])c1cc(Nc2nc(Nc3ccc(OCCN4CCCC4)cc3)ncc2C)ccc1C. The molecule has 4 rings (SSSR count). The molecule has 1 atom stereocenters. The van der Waals surface area contributed by atoms with Crippen LogP contribution < -0.4 is 20.1 Å². The summed E-state index contributed by atoms with van der Waals surface area (Å²) in [4.78, 5) is 12.2. The standard InChI is InChI=1S/C25H32N6O2S/c1-18-6-7-21(16-23(18)34(32)26-3)28-24-19(2)17-27-25(30-24)29-20-8-10-22(11-9-20)33-15-14-31-12-4-5-13-31/h6-11,16-17,26H,4-5,12-15H2,1-3H3,(H2,27,28,29,30). The van der Waals surface area contributed by atoms with Gasteiger partial charge in [0.1, 0.15) is 18.2 Å². The molecule has 9 heteroatoms. The highest BCUT2D eigenvalue weighted by Gasteiger charge is 2.14. The van der Waals surface area contributed by atoms with Crippen LogP contribution in [0.5, 0.6) is 5.75 Å². The Bertz CT molecular complexity index is 1090. The lowest BCUT2D eigenvalue weighted by atomic mass is 10.2. The Balaban J connectivity index is 1.38. The van der Waals surface area contributed by atoms with Crippen molar-refractivity contribution in [3.05, 3.63) is 59.8 Å². The molecule has 1 aliphatic heterocycles. The van der Waals surface area contributed by atoms with Crippen LogP contribution in [0.1, 0.15) is 24.0 Å². The maximum absolute atomic E-state index is 12.2. The van der Waals surface area contributed by atoms with E-state index in [1.807, 2.05) is 56.3 Å². The summed E-state index contributed by atoms with van der Waals surface area (Å²) in [7, 11) is 1.68. The molecular formula is C25H32N6O2S. The van der Waals surface area contributed by atoms with Crippen LogP contribution in [0.2, 0.25) is 0 Å². The third-order valence-corrected chi connectivity index (χ3v) is 7.00. The third-order valence-electron chi connectivity index (χ3n) is 5.79. The van der Waals surface area contributed by atoms with Gasteiger partial charge in [0.25, 0.3) is 0 Å². The van der Waals surface area contributed by atoms with Crippen LogP contribution in [0.15, 0.2) is 53.6 Å². The molecule has 3 N–H and O–H groups in total. The third kappa shape index (κ3) is 6.38. The summed E-state index contributed by atoms with van der Waals surface area (Å²) in [6.45, 7) is 7.92. The summed E-state index contributed by atoms with van der Waals surface area (Å²) in [6, 6.07) is 13.6. The predicted molar refractivity (Wildman–Crippen MR) is 138 cm³/mol. The van der Waals surface area contributed by atoms with E-state index in [0.717, 1.165) is 39.7 Å². The first kappa shape index (κ1) is 24.3. The Hall–Kier alpha value is -2.85. The molecule has 0 radical (unpaired) electrons. The van der Waals surface area contributed by atoms with Gasteiger partial charge in [0, 0.05) is 48.4 Å². The average Bonchev–Trinajstić information content (AvgIpc) is 3.36. The number of anilines is 4. The van der Waals surface area contributed by atoms with E-state index >= 15 is 0 Å². The van der Waals surface area contributed by atoms with E-state index in [9.17, 15) is 4.55 Å². The lowest BCUT2D eigenvalue weighted by Crippen LogP contribution is -2.25. The van der Waals surface area contributed by atoms with Crippen LogP contribution in [-0.2, 0) is 11.4 Å². The number of hydrogen-bond donors (Lipinski definition) is 3. The smallest absolute Gasteiger partial charge is 0.229 e. The van der Waals surface area contributed by atoms with E-state index in [4.69, 9.17) is 4.74 Å². The molecule has 0 spiro atoms. The van der Waals surface area contributed by atoms with Gasteiger partial charge < -0.3 is 19.9 Å². The van der Waals surface area contributed by atoms with Crippen LogP contribution >= 0.6 is 0 Å². The summed E-state index contributed by atoms with van der Waals surface area (Å²) >= 11 is -1.26. The predicted octanol–water partition coefficient (Wildman–Crippen LogP) is 4.30. The second-order valence-corrected chi connectivity index (χ2v) is 9.74. The number of ether oxygens (including phenoxy) is 1. The maximum atomic E-state index is 12.2. The zero-order chi connectivity index (χ0) is 23.9. The number of nitrogens with zero attached hydrogens (tertiary/aromatic N) is 3. The molecule has 180 valence electrons. The van der Waals surface area contributed by atoms with Gasteiger partial charge in [-0.25, -0.2) is 4.98 Å². The molecule has 8 nitrogen and oxygen atoms in total. The Morgan fingerprint density at radius 3 is 2.47 bits per heavy atom. The summed E-state index contributed by atoms with van der Waals surface area (Å²) in [5, 5.41) is 6.57. The van der Waals surface area contributed by atoms with Crippen molar-refractivity contribution in [3.8, 4) is 5.75 Å². The zero-order valence-electron chi connectivity index (χ0n) is 19.9. The highest BCUT2D eigenvalue weighted by molar-refractivity contribution is 7.89. The Labute approximate surface area is 204 Å². The number of hydrogen-bond acceptors (Lipinski definition) is 8. The highest BCUT2D eigenvalue weighted by atomic mass is 32.2. The monoisotopic (exact) mass is 480 g/mol. The summed E-state index contributed by atoms with van der Waals surface area (Å²) in [6.07, 6.45) is 4.36. The van der Waals surface area contributed by atoms with Gasteiger partial charge in [-0.05, 0) is 70.1 Å². The Morgan fingerprint density at radius 1 is 1.00 bits per heavy atom. The normalized spacial score (nSPS) is 14.7. The summed E-state index contributed by atoms with van der Waals surface area (Å²) < 4.78 is 20.9. The van der Waals surface area contributed by atoms with Crippen LogP contribution in [0.4, 0.5) is 23.1 Å². The van der Waals surface area contributed by atoms with Gasteiger partial charge in [0.15, 0.2) is 4.90 Å². The van der Waals surface area contributed by atoms with Crippen LogP contribution in [0.3, 0.4) is 0 Å². The molecular weight excluding hydrogens is 448 g/mol. The van der Waals surface area contributed by atoms with E-state index in [-0.39, 0.29) is 0 Å². The fraction of sp³-hybridized carbons (Fsp3) is 0.360. The fourth-order valence-electron chi connectivity index (χ4n) is 3.82. The summed E-state index contributed by atoms with van der Waals surface area (Å²) in [5.74, 6) is 2.03. The van der Waals surface area contributed by atoms with Crippen molar-refractivity contribution >= 4 is 34.5 Å². The van der Waals surface area contributed by atoms with Gasteiger partial charge in [-0.3, -0.25) is 4.90 Å². The van der Waals surface area contributed by atoms with Gasteiger partial charge in [-0.2, -0.15) is 4.98 Å². The lowest BCUT2D eigenvalue weighted by molar-refractivity contribution is 0.238. The number of likely N-dealkylation sites (tertiary alicyclic amines) is 1. The zero-order valence-corrected chi connectivity index (χ0v) is 20.7. The molecule has 1 aliphatic rings. The van der Waals surface area contributed by atoms with Gasteiger partial charge in [-0.15, -0.1) is 4.72 Å². The van der Waals surface area contributed by atoms with Gasteiger partial charge in [0.2, 0.25) is 5.95 Å². The second kappa shape index (κ2) is 11.5. The van der Waals surface area contributed by atoms with E-state index in [0.29, 0.717) is 18.4 Å². The molecule has 34 heavy (non-hydrogen) atoms. The molecule has 0 bridgehead atoms. The first-order valence-corrected chi connectivity index (χ1v) is 12.7. The van der Waals surface area contributed by atoms with E-state index in [2.05, 4.69) is 30.2 Å². The fourth-order valence-corrected chi connectivity index (χ4v) is 4.63. The first-order chi connectivity index (χ1) is 16.5. The number of rotatable bonds is 10. The van der Waals surface area contributed by atoms with Crippen molar-refractivity contribution < 1.29 is 9.29 Å². The van der Waals surface area contributed by atoms with Crippen molar-refractivity contribution in [2.24, 2.45) is 0 Å². The maximum Gasteiger partial charge on any atom is 0.229 e. The molecule has 1 unspecified atom stereocenters. The summed E-state index contributed by atoms with van der Waals surface area (Å²) in [5.41, 5.74) is 3.56. The first-order valence-electron chi connectivity index (χ1n) is 11.5. The van der Waals surface area contributed by atoms with Crippen molar-refractivity contribution in [1.29, 1.82) is 0 Å². The minimum atomic E-state index is -1.26. The molecule has 0 aliphatic carbocycles. The quantitative estimate of drug-likeness (QED) is 0.370. The average molecular weight is 481 g/mol. The molecule has 0 saturated carbocycles. The Morgan fingerprint density at radius 2 is 1.74 bits per heavy atom. The van der Waals surface area contributed by atoms with Gasteiger partial charge >= 0.3 is 0 Å². The van der Waals surface area contributed by atoms with Gasteiger partial charge in [0.05, 0.1) is 11.4 Å². The number of aromatic nitrogens is 2.